The zero-order valence-corrected chi connectivity index (χ0v) is 14.3. The Morgan fingerprint density at radius 1 is 1.23 bits per heavy atom. The summed E-state index contributed by atoms with van der Waals surface area (Å²) in [6.45, 7) is 1.22. The van der Waals surface area contributed by atoms with Crippen molar-refractivity contribution >= 4 is 22.6 Å². The quantitative estimate of drug-likeness (QED) is 0.774. The van der Waals surface area contributed by atoms with Gasteiger partial charge in [-0.1, -0.05) is 12.1 Å². The van der Waals surface area contributed by atoms with Crippen molar-refractivity contribution in [3.8, 4) is 17.2 Å². The standard InChI is InChI=1S/C17H16INO3/c1-20-13-6-5-12(18)10-7-8-19-16(15(10)13)11-3-2-4-14-17(11)22-9-21-14/h2-6,16,19H,7-9H2,1H3. The number of halogens is 1. The van der Waals surface area contributed by atoms with Crippen LogP contribution >= 0.6 is 22.6 Å². The molecule has 1 N–H and O–H groups in total. The van der Waals surface area contributed by atoms with Crippen molar-refractivity contribution in [3.05, 3.63) is 50.6 Å². The van der Waals surface area contributed by atoms with Gasteiger partial charge in [0.25, 0.3) is 0 Å². The molecule has 0 spiro atoms. The Morgan fingerprint density at radius 3 is 3.00 bits per heavy atom. The maximum Gasteiger partial charge on any atom is 0.231 e. The van der Waals surface area contributed by atoms with Crippen molar-refractivity contribution in [1.82, 2.24) is 5.32 Å². The monoisotopic (exact) mass is 409 g/mol. The molecule has 1 unspecified atom stereocenters. The fourth-order valence-electron chi connectivity index (χ4n) is 3.25. The zero-order chi connectivity index (χ0) is 15.1. The molecule has 0 amide bonds. The average molecular weight is 409 g/mol. The van der Waals surface area contributed by atoms with E-state index in [0.717, 1.165) is 35.8 Å². The van der Waals surface area contributed by atoms with Crippen LogP contribution in [0, 0.1) is 3.57 Å². The fourth-order valence-corrected chi connectivity index (χ4v) is 3.99. The average Bonchev–Trinajstić information content (AvgIpc) is 3.03. The highest BCUT2D eigenvalue weighted by molar-refractivity contribution is 14.1. The van der Waals surface area contributed by atoms with Gasteiger partial charge >= 0.3 is 0 Å². The maximum atomic E-state index is 5.70. The molecule has 2 aromatic carbocycles. The van der Waals surface area contributed by atoms with Crippen molar-refractivity contribution < 1.29 is 14.2 Å². The zero-order valence-electron chi connectivity index (χ0n) is 12.2. The maximum absolute atomic E-state index is 5.70. The molecule has 22 heavy (non-hydrogen) atoms. The second-order valence-electron chi connectivity index (χ2n) is 5.36. The number of rotatable bonds is 2. The molecule has 1 atom stereocenters. The molecular weight excluding hydrogens is 393 g/mol. The van der Waals surface area contributed by atoms with E-state index in [-0.39, 0.29) is 12.8 Å². The van der Waals surface area contributed by atoms with Gasteiger partial charge in [-0.25, -0.2) is 0 Å². The molecule has 4 nitrogen and oxygen atoms in total. The van der Waals surface area contributed by atoms with Gasteiger partial charge in [0, 0.05) is 21.2 Å². The number of para-hydroxylation sites is 1. The molecule has 5 heteroatoms. The van der Waals surface area contributed by atoms with Crippen molar-refractivity contribution in [3.63, 3.8) is 0 Å². The highest BCUT2D eigenvalue weighted by Gasteiger charge is 2.31. The minimum absolute atomic E-state index is 0.0602. The molecular formula is C17H16INO3. The van der Waals surface area contributed by atoms with E-state index in [4.69, 9.17) is 14.2 Å². The van der Waals surface area contributed by atoms with Crippen molar-refractivity contribution in [2.75, 3.05) is 20.4 Å². The second kappa shape index (κ2) is 5.62. The minimum Gasteiger partial charge on any atom is -0.496 e. The van der Waals surface area contributed by atoms with Crippen LogP contribution in [-0.4, -0.2) is 20.4 Å². The lowest BCUT2D eigenvalue weighted by atomic mass is 9.88. The van der Waals surface area contributed by atoms with Crippen molar-refractivity contribution in [1.29, 1.82) is 0 Å². The third kappa shape index (κ3) is 2.14. The molecule has 0 aromatic heterocycles. The first-order chi connectivity index (χ1) is 10.8. The van der Waals surface area contributed by atoms with Gasteiger partial charge in [-0.05, 0) is 52.8 Å². The number of ether oxygens (including phenoxy) is 3. The molecule has 114 valence electrons. The Balaban J connectivity index is 1.90. The van der Waals surface area contributed by atoms with E-state index in [1.807, 2.05) is 18.2 Å². The first kappa shape index (κ1) is 14.1. The lowest BCUT2D eigenvalue weighted by Crippen LogP contribution is -2.31. The smallest absolute Gasteiger partial charge is 0.231 e. The van der Waals surface area contributed by atoms with E-state index >= 15 is 0 Å². The van der Waals surface area contributed by atoms with Gasteiger partial charge < -0.3 is 19.5 Å². The van der Waals surface area contributed by atoms with E-state index in [9.17, 15) is 0 Å². The number of benzene rings is 2. The molecule has 0 saturated heterocycles. The Kier molecular flexibility index (Phi) is 3.62. The Labute approximate surface area is 142 Å². The topological polar surface area (TPSA) is 39.7 Å². The summed E-state index contributed by atoms with van der Waals surface area (Å²) in [6, 6.07) is 10.3. The van der Waals surface area contributed by atoms with Gasteiger partial charge in [-0.3, -0.25) is 0 Å². The lowest BCUT2D eigenvalue weighted by Gasteiger charge is -2.30. The van der Waals surface area contributed by atoms with Crippen LogP contribution in [0.1, 0.15) is 22.7 Å². The Morgan fingerprint density at radius 2 is 2.14 bits per heavy atom. The van der Waals surface area contributed by atoms with Crippen LogP contribution in [0.5, 0.6) is 17.2 Å². The van der Waals surface area contributed by atoms with Crippen molar-refractivity contribution in [2.45, 2.75) is 12.5 Å². The van der Waals surface area contributed by atoms with Crippen molar-refractivity contribution in [2.24, 2.45) is 0 Å². The summed E-state index contributed by atoms with van der Waals surface area (Å²) < 4.78 is 18.1. The van der Waals surface area contributed by atoms with Gasteiger partial charge in [0.15, 0.2) is 11.5 Å². The SMILES string of the molecule is COc1ccc(I)c2c1C(c1cccc3c1OCO3)NCC2. The summed E-state index contributed by atoms with van der Waals surface area (Å²) in [5.41, 5.74) is 3.68. The number of fused-ring (bicyclic) bond motifs is 2. The molecule has 2 aliphatic heterocycles. The molecule has 0 bridgehead atoms. The summed E-state index contributed by atoms with van der Waals surface area (Å²) in [7, 11) is 1.73. The van der Waals surface area contributed by atoms with Crippen LogP contribution < -0.4 is 19.5 Å². The van der Waals surface area contributed by atoms with Crippen LogP contribution in [-0.2, 0) is 6.42 Å². The van der Waals surface area contributed by atoms with E-state index in [0.29, 0.717) is 0 Å². The van der Waals surface area contributed by atoms with Gasteiger partial charge in [-0.2, -0.15) is 0 Å². The number of hydrogen-bond donors (Lipinski definition) is 1. The summed E-state index contributed by atoms with van der Waals surface area (Å²) >= 11 is 2.40. The van der Waals surface area contributed by atoms with E-state index in [2.05, 4.69) is 40.0 Å². The molecule has 2 aromatic rings. The first-order valence-electron chi connectivity index (χ1n) is 7.26. The predicted molar refractivity (Wildman–Crippen MR) is 91.8 cm³/mol. The summed E-state index contributed by atoms with van der Waals surface area (Å²) in [5, 5.41) is 3.60. The van der Waals surface area contributed by atoms with E-state index in [1.165, 1.54) is 14.7 Å². The normalized spacial score (nSPS) is 18.9. The number of methoxy groups -OCH3 is 1. The summed E-state index contributed by atoms with van der Waals surface area (Å²) in [4.78, 5) is 0. The van der Waals surface area contributed by atoms with Crippen LogP contribution in [0.2, 0.25) is 0 Å². The highest BCUT2D eigenvalue weighted by atomic mass is 127. The number of hydrogen-bond acceptors (Lipinski definition) is 4. The van der Waals surface area contributed by atoms with Gasteiger partial charge in [0.2, 0.25) is 6.79 Å². The first-order valence-corrected chi connectivity index (χ1v) is 8.34. The van der Waals surface area contributed by atoms with Gasteiger partial charge in [0.1, 0.15) is 5.75 Å². The molecule has 0 radical (unpaired) electrons. The van der Waals surface area contributed by atoms with Crippen LogP contribution in [0.15, 0.2) is 30.3 Å². The molecule has 0 saturated carbocycles. The highest BCUT2D eigenvalue weighted by Crippen LogP contribution is 2.44. The molecule has 0 aliphatic carbocycles. The second-order valence-corrected chi connectivity index (χ2v) is 6.52. The van der Waals surface area contributed by atoms with Crippen LogP contribution in [0.4, 0.5) is 0 Å². The largest absolute Gasteiger partial charge is 0.496 e. The van der Waals surface area contributed by atoms with Crippen LogP contribution in [0.3, 0.4) is 0 Å². The van der Waals surface area contributed by atoms with Gasteiger partial charge in [0.05, 0.1) is 13.2 Å². The molecule has 2 heterocycles. The third-order valence-electron chi connectivity index (χ3n) is 4.23. The summed E-state index contributed by atoms with van der Waals surface area (Å²) in [6.07, 6.45) is 1.01. The predicted octanol–water partition coefficient (Wildman–Crippen LogP) is 3.26. The van der Waals surface area contributed by atoms with E-state index in [1.54, 1.807) is 7.11 Å². The minimum atomic E-state index is 0.0602. The Hall–Kier alpha value is -1.47. The third-order valence-corrected chi connectivity index (χ3v) is 5.24. The van der Waals surface area contributed by atoms with E-state index < -0.39 is 0 Å². The molecule has 4 rings (SSSR count). The molecule has 0 fully saturated rings. The molecule has 2 aliphatic rings. The lowest BCUT2D eigenvalue weighted by molar-refractivity contribution is 0.173. The van der Waals surface area contributed by atoms with Gasteiger partial charge in [-0.15, -0.1) is 0 Å². The summed E-state index contributed by atoms with van der Waals surface area (Å²) in [5.74, 6) is 2.58. The fraction of sp³-hybridized carbons (Fsp3) is 0.294. The van der Waals surface area contributed by atoms with Crippen LogP contribution in [0.25, 0.3) is 0 Å². The number of nitrogens with one attached hydrogen (secondary N) is 1. The Bertz CT molecular complexity index is 732.